The van der Waals surface area contributed by atoms with E-state index in [2.05, 4.69) is 34.0 Å². The molecule has 0 atom stereocenters. The SMILES string of the molecule is C/C=C(\C)c1nc(-c2ccccc2)nc(-c2cccc(C)c2)n1. The van der Waals surface area contributed by atoms with Crippen LogP contribution in [0.15, 0.2) is 60.7 Å². The Morgan fingerprint density at radius 1 is 0.826 bits per heavy atom. The zero-order valence-electron chi connectivity index (χ0n) is 13.6. The molecule has 0 aliphatic heterocycles. The second kappa shape index (κ2) is 6.53. The van der Waals surface area contributed by atoms with Gasteiger partial charge in [0.25, 0.3) is 0 Å². The molecule has 0 amide bonds. The Hall–Kier alpha value is -2.81. The first kappa shape index (κ1) is 15.1. The normalized spacial score (nSPS) is 11.5. The summed E-state index contributed by atoms with van der Waals surface area (Å²) in [6, 6.07) is 18.2. The molecule has 1 aromatic heterocycles. The summed E-state index contributed by atoms with van der Waals surface area (Å²) in [5, 5.41) is 0. The summed E-state index contributed by atoms with van der Waals surface area (Å²) in [6.45, 7) is 6.08. The van der Waals surface area contributed by atoms with Gasteiger partial charge >= 0.3 is 0 Å². The highest BCUT2D eigenvalue weighted by Crippen LogP contribution is 2.23. The fraction of sp³-hybridized carbons (Fsp3) is 0.150. The molecular formula is C20H19N3. The molecule has 0 saturated carbocycles. The Morgan fingerprint density at radius 2 is 1.48 bits per heavy atom. The molecular weight excluding hydrogens is 282 g/mol. The minimum Gasteiger partial charge on any atom is -0.209 e. The van der Waals surface area contributed by atoms with Crippen molar-refractivity contribution < 1.29 is 0 Å². The van der Waals surface area contributed by atoms with Crippen LogP contribution < -0.4 is 0 Å². The average Bonchev–Trinajstić information content (AvgIpc) is 2.61. The highest BCUT2D eigenvalue weighted by molar-refractivity contribution is 5.66. The van der Waals surface area contributed by atoms with Crippen LogP contribution in [0.5, 0.6) is 0 Å². The van der Waals surface area contributed by atoms with Crippen molar-refractivity contribution in [3.63, 3.8) is 0 Å². The van der Waals surface area contributed by atoms with Gasteiger partial charge in [-0.25, -0.2) is 15.0 Å². The standard InChI is InChI=1S/C20H19N3/c1-4-15(3)18-21-19(16-10-6-5-7-11-16)23-20(22-18)17-12-8-9-14(2)13-17/h4-13H,1-3H3/b15-4+. The zero-order chi connectivity index (χ0) is 16.2. The maximum atomic E-state index is 4.68. The first-order chi connectivity index (χ1) is 11.2. The van der Waals surface area contributed by atoms with Crippen LogP contribution in [-0.4, -0.2) is 15.0 Å². The fourth-order valence-electron chi connectivity index (χ4n) is 2.31. The van der Waals surface area contributed by atoms with Crippen LogP contribution in [0.3, 0.4) is 0 Å². The molecule has 1 heterocycles. The number of rotatable bonds is 3. The van der Waals surface area contributed by atoms with Crippen LogP contribution in [0.1, 0.15) is 25.2 Å². The summed E-state index contributed by atoms with van der Waals surface area (Å²) in [6.07, 6.45) is 2.02. The molecule has 3 heteroatoms. The van der Waals surface area contributed by atoms with Gasteiger partial charge in [0.1, 0.15) is 0 Å². The zero-order valence-corrected chi connectivity index (χ0v) is 13.6. The van der Waals surface area contributed by atoms with Crippen LogP contribution >= 0.6 is 0 Å². The Kier molecular flexibility index (Phi) is 4.29. The molecule has 114 valence electrons. The van der Waals surface area contributed by atoms with Crippen LogP contribution in [0.2, 0.25) is 0 Å². The van der Waals surface area contributed by atoms with Crippen LogP contribution in [0, 0.1) is 6.92 Å². The van der Waals surface area contributed by atoms with Crippen LogP contribution in [0.4, 0.5) is 0 Å². The summed E-state index contributed by atoms with van der Waals surface area (Å²) < 4.78 is 0. The molecule has 0 aliphatic rings. The van der Waals surface area contributed by atoms with Crippen molar-refractivity contribution in [3.05, 3.63) is 72.1 Å². The third-order valence-corrected chi connectivity index (χ3v) is 3.73. The number of hydrogen-bond acceptors (Lipinski definition) is 3. The topological polar surface area (TPSA) is 38.7 Å². The lowest BCUT2D eigenvalue weighted by molar-refractivity contribution is 1.03. The van der Waals surface area contributed by atoms with E-state index in [4.69, 9.17) is 0 Å². The van der Waals surface area contributed by atoms with Crippen molar-refractivity contribution in [2.24, 2.45) is 0 Å². The van der Waals surface area contributed by atoms with Gasteiger partial charge in [-0.1, -0.05) is 60.2 Å². The lowest BCUT2D eigenvalue weighted by atomic mass is 10.1. The van der Waals surface area contributed by atoms with Gasteiger partial charge in [-0.2, -0.15) is 0 Å². The molecule has 0 aliphatic carbocycles. The summed E-state index contributed by atoms with van der Waals surface area (Å²) in [7, 11) is 0. The lowest BCUT2D eigenvalue weighted by Crippen LogP contribution is -2.01. The minimum absolute atomic E-state index is 0.702. The minimum atomic E-state index is 0.702. The molecule has 2 aromatic carbocycles. The molecule has 3 aromatic rings. The molecule has 0 bridgehead atoms. The number of allylic oxidation sites excluding steroid dienone is 2. The number of benzene rings is 2. The first-order valence-corrected chi connectivity index (χ1v) is 7.69. The van der Waals surface area contributed by atoms with E-state index in [1.54, 1.807) is 0 Å². The van der Waals surface area contributed by atoms with Crippen LogP contribution in [-0.2, 0) is 0 Å². The number of hydrogen-bond donors (Lipinski definition) is 0. The van der Waals surface area contributed by atoms with E-state index in [0.29, 0.717) is 11.6 Å². The molecule has 0 fully saturated rings. The van der Waals surface area contributed by atoms with E-state index in [0.717, 1.165) is 22.5 Å². The molecule has 0 N–H and O–H groups in total. The molecule has 3 rings (SSSR count). The van der Waals surface area contributed by atoms with E-state index < -0.39 is 0 Å². The Balaban J connectivity index is 2.20. The lowest BCUT2D eigenvalue weighted by Gasteiger charge is -2.08. The number of aryl methyl sites for hydroxylation is 1. The van der Waals surface area contributed by atoms with Gasteiger partial charge in [-0.15, -0.1) is 0 Å². The number of aromatic nitrogens is 3. The quantitative estimate of drug-likeness (QED) is 0.688. The molecule has 3 nitrogen and oxygen atoms in total. The summed E-state index contributed by atoms with van der Waals surface area (Å²) >= 11 is 0. The van der Waals surface area contributed by atoms with Crippen molar-refractivity contribution in [1.29, 1.82) is 0 Å². The van der Waals surface area contributed by atoms with Gasteiger partial charge in [-0.05, 0) is 32.4 Å². The largest absolute Gasteiger partial charge is 0.209 e. The van der Waals surface area contributed by atoms with E-state index in [-0.39, 0.29) is 0 Å². The molecule has 0 spiro atoms. The Labute approximate surface area is 136 Å². The second-order valence-electron chi connectivity index (χ2n) is 5.51. The molecule has 0 unspecified atom stereocenters. The average molecular weight is 301 g/mol. The first-order valence-electron chi connectivity index (χ1n) is 7.69. The maximum absolute atomic E-state index is 4.68. The van der Waals surface area contributed by atoms with E-state index in [9.17, 15) is 0 Å². The smallest absolute Gasteiger partial charge is 0.164 e. The third kappa shape index (κ3) is 3.34. The van der Waals surface area contributed by atoms with Crippen molar-refractivity contribution in [2.75, 3.05) is 0 Å². The van der Waals surface area contributed by atoms with Gasteiger partial charge in [0.2, 0.25) is 0 Å². The fourth-order valence-corrected chi connectivity index (χ4v) is 2.31. The van der Waals surface area contributed by atoms with Crippen molar-refractivity contribution in [3.8, 4) is 22.8 Å². The Bertz CT molecular complexity index is 852. The van der Waals surface area contributed by atoms with Crippen molar-refractivity contribution in [1.82, 2.24) is 15.0 Å². The van der Waals surface area contributed by atoms with Gasteiger partial charge in [-0.3, -0.25) is 0 Å². The molecule has 0 radical (unpaired) electrons. The monoisotopic (exact) mass is 301 g/mol. The van der Waals surface area contributed by atoms with Crippen molar-refractivity contribution in [2.45, 2.75) is 20.8 Å². The summed E-state index contributed by atoms with van der Waals surface area (Å²) in [4.78, 5) is 14.0. The number of nitrogens with zero attached hydrogens (tertiary/aromatic N) is 3. The third-order valence-electron chi connectivity index (χ3n) is 3.73. The van der Waals surface area contributed by atoms with Crippen LogP contribution in [0.25, 0.3) is 28.3 Å². The van der Waals surface area contributed by atoms with Gasteiger partial charge < -0.3 is 0 Å². The molecule has 0 saturated heterocycles. The summed E-state index contributed by atoms with van der Waals surface area (Å²) in [5.74, 6) is 2.13. The van der Waals surface area contributed by atoms with Gasteiger partial charge in [0, 0.05) is 11.1 Å². The maximum Gasteiger partial charge on any atom is 0.164 e. The highest BCUT2D eigenvalue weighted by atomic mass is 15.0. The van der Waals surface area contributed by atoms with Gasteiger partial charge in [0.05, 0.1) is 0 Å². The predicted molar refractivity (Wildman–Crippen MR) is 94.8 cm³/mol. The summed E-state index contributed by atoms with van der Waals surface area (Å²) in [5.41, 5.74) is 4.23. The van der Waals surface area contributed by atoms with Gasteiger partial charge in [0.15, 0.2) is 17.5 Å². The van der Waals surface area contributed by atoms with E-state index in [1.807, 2.05) is 62.4 Å². The molecule has 23 heavy (non-hydrogen) atoms. The predicted octanol–water partition coefficient (Wildman–Crippen LogP) is 4.94. The Morgan fingerprint density at radius 3 is 2.13 bits per heavy atom. The highest BCUT2D eigenvalue weighted by Gasteiger charge is 2.11. The second-order valence-corrected chi connectivity index (χ2v) is 5.51. The van der Waals surface area contributed by atoms with Crippen molar-refractivity contribution >= 4 is 5.57 Å². The van der Waals surface area contributed by atoms with E-state index >= 15 is 0 Å². The van der Waals surface area contributed by atoms with E-state index in [1.165, 1.54) is 5.56 Å².